The Kier molecular flexibility index (Phi) is 4.89. The first kappa shape index (κ1) is 16.4. The van der Waals surface area contributed by atoms with Crippen LogP contribution in [-0.2, 0) is 0 Å². The van der Waals surface area contributed by atoms with Gasteiger partial charge in [-0.3, -0.25) is 4.79 Å². The molecule has 0 aliphatic heterocycles. The highest BCUT2D eigenvalue weighted by Gasteiger charge is 2.12. The molecule has 0 saturated heterocycles. The van der Waals surface area contributed by atoms with Gasteiger partial charge in [0.05, 0.1) is 12.7 Å². The zero-order valence-corrected chi connectivity index (χ0v) is 14.0. The molecule has 3 rings (SSSR count). The van der Waals surface area contributed by atoms with Crippen molar-refractivity contribution in [3.8, 4) is 5.75 Å². The number of hydrogen-bond acceptors (Lipinski definition) is 5. The number of carbonyl (C=O) groups is 1. The first-order valence-electron chi connectivity index (χ1n) is 7.77. The lowest BCUT2D eigenvalue weighted by Crippen LogP contribution is -2.14. The lowest BCUT2D eigenvalue weighted by Gasteiger charge is -2.09. The smallest absolute Gasteiger partial charge is 0.260 e. The van der Waals surface area contributed by atoms with Crippen LogP contribution in [-0.4, -0.2) is 23.2 Å². The van der Waals surface area contributed by atoms with Crippen molar-refractivity contribution in [2.24, 2.45) is 0 Å². The summed E-state index contributed by atoms with van der Waals surface area (Å²) in [5.41, 5.74) is 2.55. The molecule has 0 aliphatic rings. The topological polar surface area (TPSA) is 76.1 Å². The summed E-state index contributed by atoms with van der Waals surface area (Å²) in [6.45, 7) is 2.03. The Morgan fingerprint density at radius 3 is 2.28 bits per heavy atom. The van der Waals surface area contributed by atoms with E-state index in [2.05, 4.69) is 20.8 Å². The summed E-state index contributed by atoms with van der Waals surface area (Å²) in [6.07, 6.45) is 0. The number of hydrogen-bond donors (Lipinski definition) is 2. The second-order valence-electron chi connectivity index (χ2n) is 5.45. The summed E-state index contributed by atoms with van der Waals surface area (Å²) in [7, 11) is 1.53. The molecule has 0 radical (unpaired) electrons. The van der Waals surface area contributed by atoms with Crippen molar-refractivity contribution in [2.75, 3.05) is 17.7 Å². The maximum Gasteiger partial charge on any atom is 0.260 e. The van der Waals surface area contributed by atoms with E-state index in [1.54, 1.807) is 36.4 Å². The number of aromatic nitrogens is 2. The van der Waals surface area contributed by atoms with E-state index in [1.807, 2.05) is 31.2 Å². The summed E-state index contributed by atoms with van der Waals surface area (Å²) in [6, 6.07) is 18.4. The van der Waals surface area contributed by atoms with Gasteiger partial charge in [-0.15, -0.1) is 10.2 Å². The average Bonchev–Trinajstić information content (AvgIpc) is 2.65. The molecule has 2 N–H and O–H groups in total. The number of amides is 1. The summed E-state index contributed by atoms with van der Waals surface area (Å²) in [5, 5.41) is 14.0. The highest BCUT2D eigenvalue weighted by atomic mass is 16.5. The molecule has 0 atom stereocenters. The molecular weight excluding hydrogens is 316 g/mol. The van der Waals surface area contributed by atoms with Crippen LogP contribution >= 0.6 is 0 Å². The monoisotopic (exact) mass is 334 g/mol. The first-order valence-corrected chi connectivity index (χ1v) is 7.77. The number of nitrogens with one attached hydrogen (secondary N) is 2. The van der Waals surface area contributed by atoms with Crippen LogP contribution in [0.5, 0.6) is 5.75 Å². The third-order valence-corrected chi connectivity index (χ3v) is 3.58. The Hall–Kier alpha value is -3.41. The lowest BCUT2D eigenvalue weighted by molar-refractivity contribution is 0.102. The SMILES string of the molecule is COc1ccccc1C(=O)Nc1ccc(Nc2ccc(C)cc2)nn1. The fourth-order valence-electron chi connectivity index (χ4n) is 2.27. The van der Waals surface area contributed by atoms with Crippen molar-refractivity contribution in [3.63, 3.8) is 0 Å². The summed E-state index contributed by atoms with van der Waals surface area (Å²) < 4.78 is 5.19. The van der Waals surface area contributed by atoms with Gasteiger partial charge in [0.15, 0.2) is 11.6 Å². The maximum absolute atomic E-state index is 12.3. The number of nitrogens with zero attached hydrogens (tertiary/aromatic N) is 2. The van der Waals surface area contributed by atoms with Gasteiger partial charge in [-0.1, -0.05) is 29.8 Å². The second-order valence-corrected chi connectivity index (χ2v) is 5.45. The zero-order chi connectivity index (χ0) is 17.6. The van der Waals surface area contributed by atoms with Gasteiger partial charge in [-0.25, -0.2) is 0 Å². The maximum atomic E-state index is 12.3. The molecule has 126 valence electrons. The van der Waals surface area contributed by atoms with Crippen molar-refractivity contribution in [3.05, 3.63) is 71.8 Å². The van der Waals surface area contributed by atoms with E-state index in [-0.39, 0.29) is 5.91 Å². The molecule has 0 fully saturated rings. The predicted octanol–water partition coefficient (Wildman–Crippen LogP) is 3.79. The zero-order valence-electron chi connectivity index (χ0n) is 14.0. The number of para-hydroxylation sites is 1. The Morgan fingerprint density at radius 2 is 1.60 bits per heavy atom. The highest BCUT2D eigenvalue weighted by molar-refractivity contribution is 6.05. The van der Waals surface area contributed by atoms with Crippen molar-refractivity contribution in [2.45, 2.75) is 6.92 Å². The Balaban J connectivity index is 1.68. The molecule has 6 heteroatoms. The molecule has 0 saturated carbocycles. The molecule has 6 nitrogen and oxygen atoms in total. The number of aryl methyl sites for hydroxylation is 1. The number of ether oxygens (including phenoxy) is 1. The van der Waals surface area contributed by atoms with E-state index in [9.17, 15) is 4.79 Å². The lowest BCUT2D eigenvalue weighted by atomic mass is 10.2. The van der Waals surface area contributed by atoms with Crippen LogP contribution in [0, 0.1) is 6.92 Å². The van der Waals surface area contributed by atoms with Crippen LogP contribution in [0.15, 0.2) is 60.7 Å². The van der Waals surface area contributed by atoms with Gasteiger partial charge in [-0.2, -0.15) is 0 Å². The molecule has 1 aromatic heterocycles. The highest BCUT2D eigenvalue weighted by Crippen LogP contribution is 2.19. The summed E-state index contributed by atoms with van der Waals surface area (Å²) in [5.74, 6) is 1.17. The number of rotatable bonds is 5. The van der Waals surface area contributed by atoms with Gasteiger partial charge >= 0.3 is 0 Å². The minimum Gasteiger partial charge on any atom is -0.496 e. The normalized spacial score (nSPS) is 10.2. The fourth-order valence-corrected chi connectivity index (χ4v) is 2.27. The minimum atomic E-state index is -0.300. The molecule has 2 aromatic carbocycles. The van der Waals surface area contributed by atoms with Crippen LogP contribution in [0.2, 0.25) is 0 Å². The second kappa shape index (κ2) is 7.44. The van der Waals surface area contributed by atoms with E-state index >= 15 is 0 Å². The standard InChI is InChI=1S/C19H18N4O2/c1-13-7-9-14(10-8-13)20-17-11-12-18(23-22-17)21-19(24)15-5-3-4-6-16(15)25-2/h3-12H,1-2H3,(H,20,22)(H,21,23,24). The summed E-state index contributed by atoms with van der Waals surface area (Å²) in [4.78, 5) is 12.3. The van der Waals surface area contributed by atoms with Crippen LogP contribution < -0.4 is 15.4 Å². The Bertz CT molecular complexity index is 861. The summed E-state index contributed by atoms with van der Waals surface area (Å²) >= 11 is 0. The molecule has 0 unspecified atom stereocenters. The number of benzene rings is 2. The van der Waals surface area contributed by atoms with Crippen LogP contribution in [0.1, 0.15) is 15.9 Å². The minimum absolute atomic E-state index is 0.300. The van der Waals surface area contributed by atoms with E-state index in [1.165, 1.54) is 12.7 Å². The van der Waals surface area contributed by atoms with Crippen molar-refractivity contribution in [1.82, 2.24) is 10.2 Å². The number of anilines is 3. The fraction of sp³-hybridized carbons (Fsp3) is 0.105. The van der Waals surface area contributed by atoms with Gasteiger partial charge in [-0.05, 0) is 43.3 Å². The Morgan fingerprint density at radius 1 is 0.920 bits per heavy atom. The van der Waals surface area contributed by atoms with Crippen LogP contribution in [0.4, 0.5) is 17.3 Å². The van der Waals surface area contributed by atoms with E-state index in [0.29, 0.717) is 22.9 Å². The molecular formula is C19H18N4O2. The van der Waals surface area contributed by atoms with E-state index < -0.39 is 0 Å². The molecule has 1 heterocycles. The molecule has 0 aliphatic carbocycles. The van der Waals surface area contributed by atoms with Gasteiger partial charge in [0.25, 0.3) is 5.91 Å². The molecule has 1 amide bonds. The van der Waals surface area contributed by atoms with Gasteiger partial charge < -0.3 is 15.4 Å². The molecule has 3 aromatic rings. The van der Waals surface area contributed by atoms with Crippen molar-refractivity contribution in [1.29, 1.82) is 0 Å². The Labute approximate surface area is 145 Å². The van der Waals surface area contributed by atoms with Crippen LogP contribution in [0.25, 0.3) is 0 Å². The third-order valence-electron chi connectivity index (χ3n) is 3.58. The number of carbonyl (C=O) groups excluding carboxylic acids is 1. The molecule has 0 bridgehead atoms. The molecule has 0 spiro atoms. The largest absolute Gasteiger partial charge is 0.496 e. The van der Waals surface area contributed by atoms with E-state index in [4.69, 9.17) is 4.74 Å². The quantitative estimate of drug-likeness (QED) is 0.742. The third kappa shape index (κ3) is 4.11. The van der Waals surface area contributed by atoms with Crippen molar-refractivity contribution >= 4 is 23.2 Å². The van der Waals surface area contributed by atoms with Crippen LogP contribution in [0.3, 0.4) is 0 Å². The van der Waals surface area contributed by atoms with Gasteiger partial charge in [0, 0.05) is 5.69 Å². The first-order chi connectivity index (χ1) is 12.2. The predicted molar refractivity (Wildman–Crippen MR) is 97.4 cm³/mol. The van der Waals surface area contributed by atoms with Gasteiger partial charge in [0.1, 0.15) is 5.75 Å². The molecule has 25 heavy (non-hydrogen) atoms. The average molecular weight is 334 g/mol. The number of methoxy groups -OCH3 is 1. The van der Waals surface area contributed by atoms with Gasteiger partial charge in [0.2, 0.25) is 0 Å². The van der Waals surface area contributed by atoms with Crippen molar-refractivity contribution < 1.29 is 9.53 Å². The van der Waals surface area contributed by atoms with E-state index in [0.717, 1.165) is 5.69 Å².